The molecule has 1 aromatic rings. The number of aromatic nitrogens is 2. The van der Waals surface area contributed by atoms with Crippen LogP contribution >= 0.6 is 0 Å². The molecule has 0 aromatic carbocycles. The van der Waals surface area contributed by atoms with Crippen molar-refractivity contribution in [1.29, 1.82) is 0 Å². The molecule has 1 aliphatic rings. The number of anilines is 1. The molecule has 0 bridgehead atoms. The molecule has 2 atom stereocenters. The Balaban J connectivity index is 2.14. The molecule has 1 fully saturated rings. The van der Waals surface area contributed by atoms with E-state index in [9.17, 15) is 4.79 Å². The summed E-state index contributed by atoms with van der Waals surface area (Å²) in [5, 5.41) is 3.46. The fraction of sp³-hybridized carbons (Fsp3) is 0.583. The Morgan fingerprint density at radius 2 is 1.82 bits per heavy atom. The van der Waals surface area contributed by atoms with Gasteiger partial charge in [0.15, 0.2) is 5.78 Å². The summed E-state index contributed by atoms with van der Waals surface area (Å²) in [6.07, 6.45) is 3.20. The fourth-order valence-electron chi connectivity index (χ4n) is 2.16. The monoisotopic (exact) mass is 234 g/mol. The molecule has 0 radical (unpaired) electrons. The zero-order chi connectivity index (χ0) is 12.4. The zero-order valence-corrected chi connectivity index (χ0v) is 10.5. The van der Waals surface area contributed by atoms with Crippen LogP contribution in [0.5, 0.6) is 0 Å². The highest BCUT2D eigenvalue weighted by Gasteiger charge is 2.22. The normalized spacial score (nSPS) is 24.8. The first-order valence-electron chi connectivity index (χ1n) is 5.90. The Labute approximate surface area is 101 Å². The highest BCUT2D eigenvalue weighted by atomic mass is 16.1. The lowest BCUT2D eigenvalue weighted by molar-refractivity contribution is 0.101. The van der Waals surface area contributed by atoms with E-state index in [0.29, 0.717) is 23.6 Å². The molecule has 5 nitrogen and oxygen atoms in total. The topological polar surface area (TPSA) is 58.1 Å². The first-order valence-corrected chi connectivity index (χ1v) is 5.90. The van der Waals surface area contributed by atoms with E-state index in [1.54, 1.807) is 12.4 Å². The van der Waals surface area contributed by atoms with Crippen molar-refractivity contribution in [2.24, 2.45) is 0 Å². The van der Waals surface area contributed by atoms with Gasteiger partial charge in [0, 0.05) is 37.6 Å². The second-order valence-corrected chi connectivity index (χ2v) is 4.70. The molecule has 1 aromatic heterocycles. The van der Waals surface area contributed by atoms with E-state index < -0.39 is 0 Å². The van der Waals surface area contributed by atoms with Crippen molar-refractivity contribution in [3.05, 3.63) is 18.0 Å². The quantitative estimate of drug-likeness (QED) is 0.769. The maximum absolute atomic E-state index is 11.1. The predicted octanol–water partition coefficient (Wildman–Crippen LogP) is 0.866. The molecule has 92 valence electrons. The van der Waals surface area contributed by atoms with Gasteiger partial charge in [0.05, 0.1) is 5.56 Å². The molecule has 0 aliphatic carbocycles. The van der Waals surface area contributed by atoms with Crippen LogP contribution in [0.4, 0.5) is 5.95 Å². The maximum Gasteiger partial charge on any atom is 0.225 e. The first-order chi connectivity index (χ1) is 8.06. The number of piperazine rings is 1. The van der Waals surface area contributed by atoms with E-state index in [1.807, 2.05) is 0 Å². The van der Waals surface area contributed by atoms with Crippen molar-refractivity contribution in [2.45, 2.75) is 32.9 Å². The summed E-state index contributed by atoms with van der Waals surface area (Å²) >= 11 is 0. The highest BCUT2D eigenvalue weighted by Crippen LogP contribution is 2.12. The van der Waals surface area contributed by atoms with Crippen LogP contribution in [-0.4, -0.2) is 40.9 Å². The third kappa shape index (κ3) is 2.79. The number of Topliss-reactive ketones (excluding diaryl/α,β-unsaturated/α-hetero) is 1. The Morgan fingerprint density at radius 1 is 1.29 bits per heavy atom. The molecule has 0 unspecified atom stereocenters. The van der Waals surface area contributed by atoms with Gasteiger partial charge < -0.3 is 10.2 Å². The van der Waals surface area contributed by atoms with Crippen molar-refractivity contribution < 1.29 is 4.79 Å². The summed E-state index contributed by atoms with van der Waals surface area (Å²) < 4.78 is 0. The lowest BCUT2D eigenvalue weighted by atomic mass is 10.1. The summed E-state index contributed by atoms with van der Waals surface area (Å²) in [5.41, 5.74) is 0.560. The molecule has 1 aliphatic heterocycles. The van der Waals surface area contributed by atoms with Gasteiger partial charge in [-0.2, -0.15) is 0 Å². The van der Waals surface area contributed by atoms with Gasteiger partial charge in [-0.3, -0.25) is 4.79 Å². The summed E-state index contributed by atoms with van der Waals surface area (Å²) in [5.74, 6) is 0.703. The van der Waals surface area contributed by atoms with E-state index in [4.69, 9.17) is 0 Å². The van der Waals surface area contributed by atoms with Crippen LogP contribution in [0.3, 0.4) is 0 Å². The first kappa shape index (κ1) is 12.0. The molecule has 2 heterocycles. The summed E-state index contributed by atoms with van der Waals surface area (Å²) in [7, 11) is 0. The van der Waals surface area contributed by atoms with E-state index in [2.05, 4.69) is 34.0 Å². The SMILES string of the molecule is CC(=O)c1cnc(N2C[C@@H](C)N[C@@H](C)C2)nc1. The van der Waals surface area contributed by atoms with Crippen molar-refractivity contribution in [3.63, 3.8) is 0 Å². The van der Waals surface area contributed by atoms with Crippen LogP contribution in [-0.2, 0) is 0 Å². The minimum absolute atomic E-state index is 0.00130. The number of carbonyl (C=O) groups excluding carboxylic acids is 1. The number of rotatable bonds is 2. The highest BCUT2D eigenvalue weighted by molar-refractivity contribution is 5.93. The van der Waals surface area contributed by atoms with Gasteiger partial charge >= 0.3 is 0 Å². The lowest BCUT2D eigenvalue weighted by Gasteiger charge is -2.36. The van der Waals surface area contributed by atoms with Crippen LogP contribution in [0, 0.1) is 0 Å². The standard InChI is InChI=1S/C12H18N4O/c1-8-6-16(7-9(2)15-8)12-13-4-11(5-14-12)10(3)17/h4-5,8-9,15H,6-7H2,1-3H3/t8-,9+. The molecule has 17 heavy (non-hydrogen) atoms. The average Bonchev–Trinajstić information content (AvgIpc) is 2.28. The number of hydrogen-bond acceptors (Lipinski definition) is 5. The van der Waals surface area contributed by atoms with Gasteiger partial charge in [0.2, 0.25) is 5.95 Å². The second kappa shape index (κ2) is 4.79. The molecule has 5 heteroatoms. The molecule has 1 N–H and O–H groups in total. The molecule has 0 spiro atoms. The van der Waals surface area contributed by atoms with Crippen LogP contribution in [0.25, 0.3) is 0 Å². The molecular weight excluding hydrogens is 216 g/mol. The van der Waals surface area contributed by atoms with Crippen LogP contribution in [0.15, 0.2) is 12.4 Å². The van der Waals surface area contributed by atoms with Crippen LogP contribution < -0.4 is 10.2 Å². The lowest BCUT2D eigenvalue weighted by Crippen LogP contribution is -2.54. The minimum atomic E-state index is -0.00130. The molecule has 0 saturated carbocycles. The number of ketones is 1. The van der Waals surface area contributed by atoms with Crippen LogP contribution in [0.1, 0.15) is 31.1 Å². The largest absolute Gasteiger partial charge is 0.338 e. The summed E-state index contributed by atoms with van der Waals surface area (Å²) in [6.45, 7) is 7.60. The Morgan fingerprint density at radius 3 is 2.29 bits per heavy atom. The van der Waals surface area contributed by atoms with Crippen molar-refractivity contribution in [1.82, 2.24) is 15.3 Å². The Kier molecular flexibility index (Phi) is 3.38. The smallest absolute Gasteiger partial charge is 0.225 e. The van der Waals surface area contributed by atoms with E-state index in [1.165, 1.54) is 6.92 Å². The van der Waals surface area contributed by atoms with Gasteiger partial charge in [-0.05, 0) is 20.8 Å². The molecule has 1 saturated heterocycles. The average molecular weight is 234 g/mol. The Hall–Kier alpha value is -1.49. The predicted molar refractivity (Wildman–Crippen MR) is 66.3 cm³/mol. The molecule has 2 rings (SSSR count). The fourth-order valence-corrected chi connectivity index (χ4v) is 2.16. The molecular formula is C12H18N4O. The third-order valence-electron chi connectivity index (χ3n) is 2.89. The van der Waals surface area contributed by atoms with E-state index >= 15 is 0 Å². The van der Waals surface area contributed by atoms with Crippen molar-refractivity contribution in [2.75, 3.05) is 18.0 Å². The molecule has 0 amide bonds. The van der Waals surface area contributed by atoms with Gasteiger partial charge in [-0.15, -0.1) is 0 Å². The van der Waals surface area contributed by atoms with Crippen molar-refractivity contribution in [3.8, 4) is 0 Å². The van der Waals surface area contributed by atoms with Crippen molar-refractivity contribution >= 4 is 11.7 Å². The third-order valence-corrected chi connectivity index (χ3v) is 2.89. The van der Waals surface area contributed by atoms with E-state index in [-0.39, 0.29) is 5.78 Å². The number of hydrogen-bond donors (Lipinski definition) is 1. The van der Waals surface area contributed by atoms with Gasteiger partial charge in [0.25, 0.3) is 0 Å². The summed E-state index contributed by atoms with van der Waals surface area (Å²) in [6, 6.07) is 0.852. The summed E-state index contributed by atoms with van der Waals surface area (Å²) in [4.78, 5) is 21.8. The maximum atomic E-state index is 11.1. The van der Waals surface area contributed by atoms with Gasteiger partial charge in [-0.25, -0.2) is 9.97 Å². The Bertz CT molecular complexity index is 393. The van der Waals surface area contributed by atoms with Gasteiger partial charge in [0.1, 0.15) is 0 Å². The number of carbonyl (C=O) groups is 1. The van der Waals surface area contributed by atoms with Crippen LogP contribution in [0.2, 0.25) is 0 Å². The second-order valence-electron chi connectivity index (χ2n) is 4.70. The zero-order valence-electron chi connectivity index (χ0n) is 10.5. The number of nitrogens with zero attached hydrogens (tertiary/aromatic N) is 3. The van der Waals surface area contributed by atoms with Gasteiger partial charge in [-0.1, -0.05) is 0 Å². The minimum Gasteiger partial charge on any atom is -0.338 e. The number of nitrogens with one attached hydrogen (secondary N) is 1. The van der Waals surface area contributed by atoms with E-state index in [0.717, 1.165) is 13.1 Å².